The van der Waals surface area contributed by atoms with Gasteiger partial charge >= 0.3 is 0 Å². The Morgan fingerprint density at radius 2 is 1.72 bits per heavy atom. The lowest BCUT2D eigenvalue weighted by Crippen LogP contribution is -2.15. The fourth-order valence-electron chi connectivity index (χ4n) is 2.20. The molecule has 0 aliphatic carbocycles. The van der Waals surface area contributed by atoms with Crippen molar-refractivity contribution in [1.82, 2.24) is 9.97 Å². The minimum absolute atomic E-state index is 0.145. The van der Waals surface area contributed by atoms with E-state index in [1.54, 1.807) is 49.4 Å². The van der Waals surface area contributed by atoms with Crippen molar-refractivity contribution in [3.05, 3.63) is 77.0 Å². The molecule has 3 rings (SSSR count). The highest BCUT2D eigenvalue weighted by molar-refractivity contribution is 6.33. The average molecular weight is 357 g/mol. The van der Waals surface area contributed by atoms with E-state index in [0.717, 1.165) is 0 Å². The fourth-order valence-corrected chi connectivity index (χ4v) is 2.38. The Morgan fingerprint density at radius 3 is 2.44 bits per heavy atom. The van der Waals surface area contributed by atoms with Crippen LogP contribution in [0.4, 0.5) is 21.6 Å². The zero-order chi connectivity index (χ0) is 17.8. The molecule has 0 aliphatic rings. The molecule has 0 spiro atoms. The van der Waals surface area contributed by atoms with Gasteiger partial charge in [-0.05, 0) is 31.2 Å². The number of halogens is 2. The van der Waals surface area contributed by atoms with Gasteiger partial charge in [0.2, 0.25) is 0 Å². The summed E-state index contributed by atoms with van der Waals surface area (Å²) in [6.45, 7) is 1.65. The van der Waals surface area contributed by atoms with Gasteiger partial charge in [-0.2, -0.15) is 0 Å². The molecular weight excluding hydrogens is 343 g/mol. The molecule has 0 aliphatic heterocycles. The first kappa shape index (κ1) is 16.9. The van der Waals surface area contributed by atoms with E-state index in [1.165, 1.54) is 12.1 Å². The van der Waals surface area contributed by atoms with E-state index in [0.29, 0.717) is 22.4 Å². The minimum atomic E-state index is -0.435. The summed E-state index contributed by atoms with van der Waals surface area (Å²) in [6.07, 6.45) is 0. The number of carbonyl (C=O) groups excluding carboxylic acids is 1. The van der Waals surface area contributed by atoms with Gasteiger partial charge in [0.15, 0.2) is 0 Å². The van der Waals surface area contributed by atoms with E-state index >= 15 is 0 Å². The highest BCUT2D eigenvalue weighted by Crippen LogP contribution is 2.22. The average Bonchev–Trinajstić information content (AvgIpc) is 2.58. The third-order valence-corrected chi connectivity index (χ3v) is 3.66. The summed E-state index contributed by atoms with van der Waals surface area (Å²) in [5.41, 5.74) is 0.887. The number of amides is 1. The van der Waals surface area contributed by atoms with Crippen LogP contribution in [0.3, 0.4) is 0 Å². The van der Waals surface area contributed by atoms with E-state index in [9.17, 15) is 9.18 Å². The van der Waals surface area contributed by atoms with Gasteiger partial charge in [0.05, 0.1) is 16.4 Å². The van der Waals surface area contributed by atoms with Gasteiger partial charge in [0, 0.05) is 6.07 Å². The molecule has 1 heterocycles. The summed E-state index contributed by atoms with van der Waals surface area (Å²) in [7, 11) is 0. The molecule has 0 unspecified atom stereocenters. The van der Waals surface area contributed by atoms with Crippen molar-refractivity contribution < 1.29 is 9.18 Å². The number of benzene rings is 2. The molecule has 3 aromatic rings. The predicted molar refractivity (Wildman–Crippen MR) is 95.9 cm³/mol. The number of carbonyl (C=O) groups is 1. The Morgan fingerprint density at radius 1 is 1.04 bits per heavy atom. The smallest absolute Gasteiger partial charge is 0.274 e. The predicted octanol–water partition coefficient (Wildman–Crippen LogP) is 4.57. The lowest BCUT2D eigenvalue weighted by atomic mass is 10.2. The molecule has 0 bridgehead atoms. The summed E-state index contributed by atoms with van der Waals surface area (Å²) in [5, 5.41) is 5.97. The fraction of sp³-hybridized carbons (Fsp3) is 0.0556. The number of rotatable bonds is 4. The first-order valence-electron chi connectivity index (χ1n) is 7.46. The van der Waals surface area contributed by atoms with Crippen LogP contribution in [0.5, 0.6) is 0 Å². The topological polar surface area (TPSA) is 66.9 Å². The highest BCUT2D eigenvalue weighted by Gasteiger charge is 2.13. The molecule has 7 heteroatoms. The standard InChI is InChI=1S/C18H14ClFN4O/c1-11-21-16(18(25)24-14-8-4-2-6-12(14)19)10-17(22-11)23-15-9-5-3-7-13(15)20/h2-10H,1H3,(H,24,25)(H,21,22,23). The monoisotopic (exact) mass is 356 g/mol. The van der Waals surface area contributed by atoms with Crippen molar-refractivity contribution >= 4 is 34.7 Å². The van der Waals surface area contributed by atoms with Crippen LogP contribution in [0.1, 0.15) is 16.3 Å². The van der Waals surface area contributed by atoms with Crippen LogP contribution < -0.4 is 10.6 Å². The molecule has 0 atom stereocenters. The first-order valence-corrected chi connectivity index (χ1v) is 7.84. The van der Waals surface area contributed by atoms with E-state index in [1.807, 2.05) is 0 Å². The van der Waals surface area contributed by atoms with Gasteiger partial charge in [-0.15, -0.1) is 0 Å². The second-order valence-corrected chi connectivity index (χ2v) is 5.63. The molecule has 1 amide bonds. The maximum atomic E-state index is 13.8. The number of nitrogens with one attached hydrogen (secondary N) is 2. The largest absolute Gasteiger partial charge is 0.338 e. The molecule has 0 fully saturated rings. The number of hydrogen-bond donors (Lipinski definition) is 2. The Kier molecular flexibility index (Phi) is 4.90. The van der Waals surface area contributed by atoms with Crippen molar-refractivity contribution in [3.63, 3.8) is 0 Å². The van der Waals surface area contributed by atoms with Gasteiger partial charge in [-0.3, -0.25) is 4.79 Å². The molecule has 0 saturated carbocycles. The van der Waals surface area contributed by atoms with Gasteiger partial charge in [0.25, 0.3) is 5.91 Å². The Balaban J connectivity index is 1.85. The van der Waals surface area contributed by atoms with Gasteiger partial charge in [-0.1, -0.05) is 35.9 Å². The SMILES string of the molecule is Cc1nc(Nc2ccccc2F)cc(C(=O)Nc2ccccc2Cl)n1. The van der Waals surface area contributed by atoms with E-state index in [2.05, 4.69) is 20.6 Å². The molecule has 1 aromatic heterocycles. The Labute approximate surface area is 148 Å². The van der Waals surface area contributed by atoms with E-state index in [-0.39, 0.29) is 11.4 Å². The maximum Gasteiger partial charge on any atom is 0.274 e. The van der Waals surface area contributed by atoms with Crippen LogP contribution in [0.25, 0.3) is 0 Å². The number of hydrogen-bond acceptors (Lipinski definition) is 4. The van der Waals surface area contributed by atoms with Crippen molar-refractivity contribution in [2.45, 2.75) is 6.92 Å². The molecule has 2 aromatic carbocycles. The van der Waals surface area contributed by atoms with Crippen LogP contribution in [0.2, 0.25) is 5.02 Å². The molecular formula is C18H14ClFN4O. The molecule has 0 saturated heterocycles. The molecule has 2 N–H and O–H groups in total. The number of anilines is 3. The van der Waals surface area contributed by atoms with Crippen molar-refractivity contribution in [3.8, 4) is 0 Å². The summed E-state index contributed by atoms with van der Waals surface area (Å²) < 4.78 is 13.8. The van der Waals surface area contributed by atoms with Crippen LogP contribution in [-0.4, -0.2) is 15.9 Å². The summed E-state index contributed by atoms with van der Waals surface area (Å²) in [6, 6.07) is 14.5. The third-order valence-electron chi connectivity index (χ3n) is 3.33. The summed E-state index contributed by atoms with van der Waals surface area (Å²) in [5.74, 6) is -0.149. The van der Waals surface area contributed by atoms with Gasteiger partial charge in [-0.25, -0.2) is 14.4 Å². The van der Waals surface area contributed by atoms with E-state index < -0.39 is 11.7 Å². The Hall–Kier alpha value is -2.99. The first-order chi connectivity index (χ1) is 12.0. The molecule has 25 heavy (non-hydrogen) atoms. The summed E-state index contributed by atoms with van der Waals surface area (Å²) >= 11 is 6.04. The van der Waals surface area contributed by atoms with Crippen LogP contribution in [-0.2, 0) is 0 Å². The lowest BCUT2D eigenvalue weighted by Gasteiger charge is -2.10. The van der Waals surface area contributed by atoms with Crippen LogP contribution >= 0.6 is 11.6 Å². The maximum absolute atomic E-state index is 13.8. The van der Waals surface area contributed by atoms with Crippen molar-refractivity contribution in [2.24, 2.45) is 0 Å². The van der Waals surface area contributed by atoms with Crippen molar-refractivity contribution in [1.29, 1.82) is 0 Å². The lowest BCUT2D eigenvalue weighted by molar-refractivity contribution is 0.102. The molecule has 126 valence electrons. The second kappa shape index (κ2) is 7.27. The van der Waals surface area contributed by atoms with Crippen LogP contribution in [0, 0.1) is 12.7 Å². The zero-order valence-corrected chi connectivity index (χ0v) is 14.0. The number of aromatic nitrogens is 2. The number of para-hydroxylation sites is 2. The molecule has 0 radical (unpaired) electrons. The van der Waals surface area contributed by atoms with Gasteiger partial charge in [0.1, 0.15) is 23.2 Å². The third kappa shape index (κ3) is 4.10. The highest BCUT2D eigenvalue weighted by atomic mass is 35.5. The van der Waals surface area contributed by atoms with Crippen molar-refractivity contribution in [2.75, 3.05) is 10.6 Å². The zero-order valence-electron chi connectivity index (χ0n) is 13.3. The minimum Gasteiger partial charge on any atom is -0.338 e. The van der Waals surface area contributed by atoms with Gasteiger partial charge < -0.3 is 10.6 Å². The second-order valence-electron chi connectivity index (χ2n) is 5.22. The normalized spacial score (nSPS) is 10.4. The number of nitrogens with zero attached hydrogens (tertiary/aromatic N) is 2. The van der Waals surface area contributed by atoms with E-state index in [4.69, 9.17) is 11.6 Å². The van der Waals surface area contributed by atoms with Crippen LogP contribution in [0.15, 0.2) is 54.6 Å². The molecule has 5 nitrogen and oxygen atoms in total. The Bertz CT molecular complexity index is 932. The summed E-state index contributed by atoms with van der Waals surface area (Å²) in [4.78, 5) is 20.7. The number of aryl methyl sites for hydroxylation is 1. The quantitative estimate of drug-likeness (QED) is 0.718.